The van der Waals surface area contributed by atoms with Gasteiger partial charge < -0.3 is 9.88 Å². The van der Waals surface area contributed by atoms with Crippen molar-refractivity contribution in [2.24, 2.45) is 0 Å². The summed E-state index contributed by atoms with van der Waals surface area (Å²) in [4.78, 5) is 30.8. The molecule has 36 heavy (non-hydrogen) atoms. The van der Waals surface area contributed by atoms with E-state index in [1.165, 1.54) is 4.52 Å². The Balaban J connectivity index is 1.48. The summed E-state index contributed by atoms with van der Waals surface area (Å²) in [5, 5.41) is 7.50. The number of aromatic nitrogens is 4. The number of amides is 1. The summed E-state index contributed by atoms with van der Waals surface area (Å²) in [7, 11) is 0. The first-order valence-corrected chi connectivity index (χ1v) is 12.0. The second-order valence-electron chi connectivity index (χ2n) is 8.72. The molecule has 7 nitrogen and oxygen atoms in total. The van der Waals surface area contributed by atoms with Crippen LogP contribution in [0.1, 0.15) is 28.8 Å². The molecular formula is C29H27N5O2. The maximum absolute atomic E-state index is 13.5. The molecule has 0 spiro atoms. The van der Waals surface area contributed by atoms with E-state index in [4.69, 9.17) is 4.98 Å². The van der Waals surface area contributed by atoms with Crippen LogP contribution >= 0.6 is 0 Å². The third-order valence-electron chi connectivity index (χ3n) is 6.27. The van der Waals surface area contributed by atoms with Crippen molar-refractivity contribution in [2.75, 3.05) is 0 Å². The van der Waals surface area contributed by atoms with Gasteiger partial charge in [0.2, 0.25) is 11.7 Å². The van der Waals surface area contributed by atoms with Gasteiger partial charge in [0.15, 0.2) is 5.82 Å². The minimum atomic E-state index is -0.239. The molecule has 180 valence electrons. The van der Waals surface area contributed by atoms with Gasteiger partial charge in [-0.15, -0.1) is 5.10 Å². The van der Waals surface area contributed by atoms with E-state index in [1.54, 1.807) is 0 Å². The molecule has 2 aromatic heterocycles. The average Bonchev–Trinajstić information content (AvgIpc) is 3.37. The number of hydrogen-bond acceptors (Lipinski definition) is 4. The molecular weight excluding hydrogens is 450 g/mol. The highest BCUT2D eigenvalue weighted by Gasteiger charge is 2.19. The fraction of sp³-hybridized carbons (Fsp3) is 0.172. The zero-order valence-electron chi connectivity index (χ0n) is 20.1. The molecule has 2 heterocycles. The van der Waals surface area contributed by atoms with E-state index < -0.39 is 0 Å². The lowest BCUT2D eigenvalue weighted by Gasteiger charge is -2.15. The van der Waals surface area contributed by atoms with Crippen LogP contribution < -0.4 is 10.9 Å². The highest BCUT2D eigenvalue weighted by molar-refractivity contribution is 5.76. The number of carbonyl (C=O) groups excluding carboxylic acids is 1. The maximum Gasteiger partial charge on any atom is 0.279 e. The van der Waals surface area contributed by atoms with Crippen LogP contribution in [0, 0.1) is 6.92 Å². The summed E-state index contributed by atoms with van der Waals surface area (Å²) < 4.78 is 3.38. The molecule has 0 bridgehead atoms. The van der Waals surface area contributed by atoms with E-state index in [2.05, 4.69) is 10.4 Å². The zero-order valence-corrected chi connectivity index (χ0v) is 20.1. The van der Waals surface area contributed by atoms with Crippen molar-refractivity contribution in [3.63, 3.8) is 0 Å². The lowest BCUT2D eigenvalue weighted by atomic mass is 10.1. The summed E-state index contributed by atoms with van der Waals surface area (Å²) in [6, 6.07) is 29.4. The summed E-state index contributed by atoms with van der Waals surface area (Å²) in [6.07, 6.45) is 0.524. The molecule has 5 rings (SSSR count). The Labute approximate surface area is 209 Å². The summed E-state index contributed by atoms with van der Waals surface area (Å²) in [5.41, 5.74) is 4.08. The highest BCUT2D eigenvalue weighted by atomic mass is 16.1. The smallest absolute Gasteiger partial charge is 0.279 e. The minimum absolute atomic E-state index is 0.101. The van der Waals surface area contributed by atoms with Gasteiger partial charge in [-0.05, 0) is 24.5 Å². The van der Waals surface area contributed by atoms with Crippen molar-refractivity contribution >= 4 is 11.7 Å². The molecule has 0 fully saturated rings. The number of nitrogens with one attached hydrogen (secondary N) is 1. The lowest BCUT2D eigenvalue weighted by molar-refractivity contribution is -0.121. The van der Waals surface area contributed by atoms with E-state index in [-0.39, 0.29) is 17.9 Å². The van der Waals surface area contributed by atoms with Crippen LogP contribution in [0.25, 0.3) is 17.2 Å². The van der Waals surface area contributed by atoms with E-state index in [1.807, 2.05) is 102 Å². The fourth-order valence-electron chi connectivity index (χ4n) is 4.29. The molecule has 0 aliphatic carbocycles. The van der Waals surface area contributed by atoms with Crippen LogP contribution in [0.4, 0.5) is 0 Å². The van der Waals surface area contributed by atoms with E-state index in [0.29, 0.717) is 36.7 Å². The Hall–Kier alpha value is -4.52. The number of benzene rings is 3. The van der Waals surface area contributed by atoms with Crippen LogP contribution in [-0.2, 0) is 24.3 Å². The van der Waals surface area contributed by atoms with Crippen molar-refractivity contribution in [2.45, 2.75) is 32.9 Å². The lowest BCUT2D eigenvalue weighted by Crippen LogP contribution is -2.28. The molecule has 0 atom stereocenters. The Morgan fingerprint density at radius 3 is 2.14 bits per heavy atom. The third kappa shape index (κ3) is 4.95. The van der Waals surface area contributed by atoms with Gasteiger partial charge in [0.25, 0.3) is 5.56 Å². The molecule has 7 heteroatoms. The zero-order chi connectivity index (χ0) is 24.9. The number of rotatable bonds is 8. The average molecular weight is 478 g/mol. The molecule has 0 aliphatic rings. The number of carbonyl (C=O) groups is 1. The normalized spacial score (nSPS) is 11.0. The van der Waals surface area contributed by atoms with Crippen LogP contribution in [0.5, 0.6) is 0 Å². The molecule has 0 saturated carbocycles. The molecule has 3 aromatic carbocycles. The monoisotopic (exact) mass is 477 g/mol. The van der Waals surface area contributed by atoms with Crippen molar-refractivity contribution in [1.82, 2.24) is 24.5 Å². The number of fused-ring (bicyclic) bond motifs is 1. The summed E-state index contributed by atoms with van der Waals surface area (Å²) in [6.45, 7) is 2.91. The third-order valence-corrected chi connectivity index (χ3v) is 6.27. The summed E-state index contributed by atoms with van der Waals surface area (Å²) in [5.74, 6) is 0.875. The molecule has 0 saturated heterocycles. The van der Waals surface area contributed by atoms with E-state index >= 15 is 0 Å². The number of hydrogen-bond donors (Lipinski definition) is 1. The van der Waals surface area contributed by atoms with Gasteiger partial charge in [0.05, 0.1) is 6.54 Å². The van der Waals surface area contributed by atoms with Crippen LogP contribution in [0.2, 0.25) is 0 Å². The second kappa shape index (κ2) is 10.4. The molecule has 0 aliphatic heterocycles. The van der Waals surface area contributed by atoms with Gasteiger partial charge in [-0.25, -0.2) is 0 Å². The van der Waals surface area contributed by atoms with E-state index in [9.17, 15) is 9.59 Å². The van der Waals surface area contributed by atoms with Crippen LogP contribution in [0.3, 0.4) is 0 Å². The quantitative estimate of drug-likeness (QED) is 0.364. The Morgan fingerprint density at radius 2 is 1.47 bits per heavy atom. The summed E-state index contributed by atoms with van der Waals surface area (Å²) >= 11 is 0. The van der Waals surface area contributed by atoms with Crippen molar-refractivity contribution in [1.29, 1.82) is 0 Å². The van der Waals surface area contributed by atoms with Gasteiger partial charge in [-0.1, -0.05) is 91.0 Å². The minimum Gasteiger partial charge on any atom is -0.352 e. The largest absolute Gasteiger partial charge is 0.352 e. The second-order valence-corrected chi connectivity index (χ2v) is 8.72. The van der Waals surface area contributed by atoms with Gasteiger partial charge in [-0.3, -0.25) is 9.59 Å². The maximum atomic E-state index is 13.5. The Kier molecular flexibility index (Phi) is 6.71. The Morgan fingerprint density at radius 1 is 0.861 bits per heavy atom. The first-order chi connectivity index (χ1) is 17.6. The number of nitrogens with zero attached hydrogens (tertiary/aromatic N) is 4. The van der Waals surface area contributed by atoms with Crippen molar-refractivity contribution < 1.29 is 4.79 Å². The fourth-order valence-corrected chi connectivity index (χ4v) is 4.29. The van der Waals surface area contributed by atoms with Gasteiger partial charge in [-0.2, -0.15) is 9.50 Å². The molecule has 1 amide bonds. The molecule has 0 unspecified atom stereocenters. The van der Waals surface area contributed by atoms with Crippen molar-refractivity contribution in [3.8, 4) is 11.4 Å². The van der Waals surface area contributed by atoms with E-state index in [0.717, 1.165) is 22.4 Å². The highest BCUT2D eigenvalue weighted by Crippen LogP contribution is 2.18. The topological polar surface area (TPSA) is 81.3 Å². The standard InChI is InChI=1S/C29H27N5O2/c1-21-25(17-18-26(35)30-19-22-11-5-2-6-12-22)28(36)34-29(33(21)20-23-13-7-3-8-14-23)31-27(32-34)24-15-9-4-10-16-24/h2-16H,17-20H2,1H3,(H,30,35). The first kappa shape index (κ1) is 23.2. The predicted octanol–water partition coefficient (Wildman–Crippen LogP) is 4.16. The predicted molar refractivity (Wildman–Crippen MR) is 140 cm³/mol. The van der Waals surface area contributed by atoms with Crippen molar-refractivity contribution in [3.05, 3.63) is 124 Å². The van der Waals surface area contributed by atoms with Gasteiger partial charge in [0, 0.05) is 29.8 Å². The molecule has 1 N–H and O–H groups in total. The SMILES string of the molecule is Cc1c(CCC(=O)NCc2ccccc2)c(=O)n2nc(-c3ccccc3)nc2n1Cc1ccccc1. The molecule has 5 aromatic rings. The van der Waals surface area contributed by atoms with Gasteiger partial charge in [0.1, 0.15) is 0 Å². The van der Waals surface area contributed by atoms with Crippen LogP contribution in [-0.4, -0.2) is 25.1 Å². The molecule has 0 radical (unpaired) electrons. The van der Waals surface area contributed by atoms with Gasteiger partial charge >= 0.3 is 0 Å². The Bertz CT molecular complexity index is 1540. The first-order valence-electron chi connectivity index (χ1n) is 12.0. The van der Waals surface area contributed by atoms with Crippen LogP contribution in [0.15, 0.2) is 95.8 Å².